The van der Waals surface area contributed by atoms with Crippen LogP contribution in [-0.2, 0) is 17.4 Å². The summed E-state index contributed by atoms with van der Waals surface area (Å²) in [5.74, 6) is 0. The molecule has 18 heavy (non-hydrogen) atoms. The third-order valence-electron chi connectivity index (χ3n) is 2.56. The molecule has 0 aliphatic carbocycles. The average Bonchev–Trinajstić information content (AvgIpc) is 2.24. The maximum Gasteiger partial charge on any atom is 0 e. The Balaban J connectivity index is 0. The maximum absolute atomic E-state index is 2.22. The van der Waals surface area contributed by atoms with E-state index >= 15 is 0 Å². The molecule has 0 aliphatic heterocycles. The molecule has 0 fully saturated rings. The van der Waals surface area contributed by atoms with Crippen molar-refractivity contribution in [3.63, 3.8) is 0 Å². The Labute approximate surface area is 128 Å². The molecule has 0 radical (unpaired) electrons. The third-order valence-corrected chi connectivity index (χ3v) is 4.22. The van der Waals surface area contributed by atoms with E-state index in [1.165, 1.54) is 21.7 Å². The second-order valence-corrected chi connectivity index (χ2v) is 5.08. The quantitative estimate of drug-likeness (QED) is 0.774. The van der Waals surface area contributed by atoms with Crippen molar-refractivity contribution < 1.29 is 29.8 Å². The fourth-order valence-corrected chi connectivity index (χ4v) is 2.78. The fourth-order valence-electron chi connectivity index (χ4n) is 1.57. The van der Waals surface area contributed by atoms with Gasteiger partial charge in [-0.15, -0.1) is 0 Å². The fraction of sp³-hybridized carbons (Fsp3) is 0.143. The van der Waals surface area contributed by atoms with Crippen molar-refractivity contribution >= 4 is 19.2 Å². The van der Waals surface area contributed by atoms with Crippen LogP contribution < -0.4 is 29.2 Å². The van der Waals surface area contributed by atoms with Gasteiger partial charge in [0.2, 0.25) is 0 Å². The van der Waals surface area contributed by atoms with Gasteiger partial charge in [-0.2, -0.15) is 0 Å². The Morgan fingerprint density at radius 1 is 0.722 bits per heavy atom. The molecule has 0 atom stereocenters. The molecule has 98 valence electrons. The molecule has 0 unspecified atom stereocenters. The van der Waals surface area contributed by atoms with Gasteiger partial charge >= 0.3 is 0 Å². The Bertz CT molecular complexity index is 433. The number of hydrogen-bond donors (Lipinski definition) is 1. The van der Waals surface area contributed by atoms with Crippen LogP contribution in [0, 0.1) is 13.8 Å². The molecule has 4 heteroatoms. The predicted molar refractivity (Wildman–Crippen MR) is 75.9 cm³/mol. The van der Waals surface area contributed by atoms with Crippen LogP contribution in [-0.4, -0.2) is 0 Å². The predicted octanol–water partition coefficient (Wildman–Crippen LogP) is 0.310. The van der Waals surface area contributed by atoms with Crippen LogP contribution in [0.2, 0.25) is 0 Å². The largest absolute Gasteiger partial charge is 1.00 e. The summed E-state index contributed by atoms with van der Waals surface area (Å²) >= 11 is 0. The summed E-state index contributed by atoms with van der Waals surface area (Å²) in [5.41, 5.74) is 2.78. The second kappa shape index (κ2) is 9.57. The smallest absolute Gasteiger partial charge is 0 e. The molecule has 0 bridgehead atoms. The van der Waals surface area contributed by atoms with Gasteiger partial charge in [0.25, 0.3) is 0 Å². The van der Waals surface area contributed by atoms with Gasteiger partial charge in [0, 0.05) is 17.4 Å². The van der Waals surface area contributed by atoms with E-state index in [9.17, 15) is 0 Å². The van der Waals surface area contributed by atoms with Gasteiger partial charge in [0.05, 0.1) is 0 Å². The zero-order valence-corrected chi connectivity index (χ0v) is 13.9. The number of aryl methyl sites for hydroxylation is 2. The number of rotatable bonds is 2. The molecule has 0 amide bonds. The maximum atomic E-state index is 2.22. The molecule has 1 nitrogen and oxygen atoms in total. The molecular formula is C14H19ClCrNP. The summed E-state index contributed by atoms with van der Waals surface area (Å²) in [6.45, 7) is 4.36. The molecule has 4 N–H and O–H groups in total. The molecule has 0 saturated carbocycles. The first-order valence-corrected chi connectivity index (χ1v) is 6.15. The summed E-state index contributed by atoms with van der Waals surface area (Å²) < 4.78 is 0. The van der Waals surface area contributed by atoms with Crippen molar-refractivity contribution in [3.8, 4) is 0 Å². The van der Waals surface area contributed by atoms with E-state index < -0.39 is 0 Å². The second-order valence-electron chi connectivity index (χ2n) is 3.75. The minimum Gasteiger partial charge on any atom is -1.00 e. The molecule has 0 saturated heterocycles. The zero-order chi connectivity index (χ0) is 10.7. The number of quaternary nitrogens is 1. The normalized spacial score (nSPS) is 8.56. The van der Waals surface area contributed by atoms with E-state index in [0.717, 1.165) is 8.58 Å². The van der Waals surface area contributed by atoms with Gasteiger partial charge in [0.15, 0.2) is 0 Å². The molecule has 0 heterocycles. The van der Waals surface area contributed by atoms with Gasteiger partial charge in [-0.1, -0.05) is 57.1 Å². The van der Waals surface area contributed by atoms with E-state index in [0.29, 0.717) is 0 Å². The summed E-state index contributed by atoms with van der Waals surface area (Å²) in [7, 11) is 0.774. The zero-order valence-electron chi connectivity index (χ0n) is 10.9. The van der Waals surface area contributed by atoms with Gasteiger partial charge < -0.3 is 18.6 Å². The van der Waals surface area contributed by atoms with Crippen LogP contribution in [0.15, 0.2) is 48.5 Å². The van der Waals surface area contributed by atoms with Crippen molar-refractivity contribution in [1.82, 2.24) is 6.15 Å². The first-order chi connectivity index (χ1) is 7.27. The first-order valence-electron chi connectivity index (χ1n) is 5.15. The third kappa shape index (κ3) is 5.11. The number of halogens is 1. The van der Waals surface area contributed by atoms with E-state index in [2.05, 4.69) is 62.4 Å². The topological polar surface area (TPSA) is 36.5 Å². The Hall–Kier alpha value is -0.348. The van der Waals surface area contributed by atoms with Gasteiger partial charge in [-0.05, 0) is 35.6 Å². The summed E-state index contributed by atoms with van der Waals surface area (Å²) in [6, 6.07) is 17.2. The van der Waals surface area contributed by atoms with Crippen LogP contribution in [0.4, 0.5) is 0 Å². The van der Waals surface area contributed by atoms with Gasteiger partial charge in [0.1, 0.15) is 0 Å². The Morgan fingerprint density at radius 3 is 1.39 bits per heavy atom. The number of hydrogen-bond acceptors (Lipinski definition) is 0. The standard InChI is InChI=1S/C14H15P.ClH.Cr.H3N/c1-11-7-3-5-9-13(11)15-14-10-6-4-8-12(14)2;;;/h3-10,15H,1-2H3;1H;;1H3. The van der Waals surface area contributed by atoms with Crippen molar-refractivity contribution in [3.05, 3.63) is 59.7 Å². The summed E-state index contributed by atoms with van der Waals surface area (Å²) in [4.78, 5) is 0. The van der Waals surface area contributed by atoms with E-state index in [1.807, 2.05) is 0 Å². The first kappa shape index (κ1) is 20.0. The molecule has 2 aromatic rings. The van der Waals surface area contributed by atoms with Crippen LogP contribution >= 0.6 is 8.58 Å². The van der Waals surface area contributed by atoms with E-state index in [1.54, 1.807) is 0 Å². The molecule has 0 aromatic heterocycles. The van der Waals surface area contributed by atoms with Crippen molar-refractivity contribution in [1.29, 1.82) is 0 Å². The molecule has 0 aliphatic rings. The average molecular weight is 320 g/mol. The molecule has 0 spiro atoms. The van der Waals surface area contributed by atoms with Gasteiger partial charge in [-0.3, -0.25) is 0 Å². The molecule has 2 rings (SSSR count). The Morgan fingerprint density at radius 2 is 1.06 bits per heavy atom. The minimum absolute atomic E-state index is 0. The summed E-state index contributed by atoms with van der Waals surface area (Å²) in [5, 5.41) is 2.90. The van der Waals surface area contributed by atoms with Crippen LogP contribution in [0.5, 0.6) is 0 Å². The molecular weight excluding hydrogens is 301 g/mol. The minimum atomic E-state index is 0. The van der Waals surface area contributed by atoms with Crippen molar-refractivity contribution in [2.45, 2.75) is 13.8 Å². The van der Waals surface area contributed by atoms with Crippen LogP contribution in [0.1, 0.15) is 11.1 Å². The SMILES string of the molecule is Cc1ccccc1Pc1ccccc1C.[Cl-].[Cr].[NH4+]. The summed E-state index contributed by atoms with van der Waals surface area (Å²) in [6.07, 6.45) is 0. The molecule has 2 aromatic carbocycles. The van der Waals surface area contributed by atoms with E-state index in [-0.39, 0.29) is 35.9 Å². The van der Waals surface area contributed by atoms with Crippen molar-refractivity contribution in [2.24, 2.45) is 0 Å². The van der Waals surface area contributed by atoms with E-state index in [4.69, 9.17) is 0 Å². The van der Waals surface area contributed by atoms with Crippen LogP contribution in [0.3, 0.4) is 0 Å². The van der Waals surface area contributed by atoms with Crippen LogP contribution in [0.25, 0.3) is 0 Å². The van der Waals surface area contributed by atoms with Crippen molar-refractivity contribution in [2.75, 3.05) is 0 Å². The monoisotopic (exact) mass is 319 g/mol. The Kier molecular flexibility index (Phi) is 10.6. The van der Waals surface area contributed by atoms with Gasteiger partial charge in [-0.25, -0.2) is 0 Å². The number of benzene rings is 2.